The highest BCUT2D eigenvalue weighted by atomic mass is 19.1. The molecule has 5 nitrogen and oxygen atoms in total. The molecule has 0 aliphatic carbocycles. The fourth-order valence-electron chi connectivity index (χ4n) is 5.60. The third-order valence-electron chi connectivity index (χ3n) is 6.90. The zero-order valence-corrected chi connectivity index (χ0v) is 17.9. The van der Waals surface area contributed by atoms with E-state index in [9.17, 15) is 9.90 Å². The molecule has 1 amide bonds. The Balaban J connectivity index is 1.75. The molecule has 2 bridgehead atoms. The summed E-state index contributed by atoms with van der Waals surface area (Å²) in [6, 6.07) is 3.40. The number of ether oxygens (including phenoxy) is 1. The third-order valence-corrected chi connectivity index (χ3v) is 6.90. The summed E-state index contributed by atoms with van der Waals surface area (Å²) in [6.45, 7) is 7.82. The minimum absolute atomic E-state index is 0.00183. The first-order valence-corrected chi connectivity index (χ1v) is 10.4. The minimum atomic E-state index is -0.911. The number of methoxy groups -OCH3 is 1. The van der Waals surface area contributed by atoms with E-state index in [4.69, 9.17) is 4.74 Å². The number of hydrogen-bond acceptors (Lipinski definition) is 3. The van der Waals surface area contributed by atoms with Crippen LogP contribution in [0.25, 0.3) is 10.9 Å². The van der Waals surface area contributed by atoms with Crippen molar-refractivity contribution < 1.29 is 19.0 Å². The largest absolute Gasteiger partial charge is 0.494 e. The molecular formula is C23H31FN2O3. The maximum atomic E-state index is 15.1. The number of nitrogens with one attached hydrogen (secondary N) is 1. The van der Waals surface area contributed by atoms with E-state index in [1.807, 2.05) is 25.7 Å². The maximum Gasteiger partial charge on any atom is 0.233 e. The molecule has 29 heavy (non-hydrogen) atoms. The van der Waals surface area contributed by atoms with Crippen molar-refractivity contribution in [2.45, 2.75) is 76.5 Å². The van der Waals surface area contributed by atoms with Gasteiger partial charge in [0.1, 0.15) is 0 Å². The molecule has 6 heteroatoms. The molecule has 2 saturated heterocycles. The molecule has 0 saturated carbocycles. The smallest absolute Gasteiger partial charge is 0.233 e. The Morgan fingerprint density at radius 3 is 2.52 bits per heavy atom. The fraction of sp³-hybridized carbons (Fsp3) is 0.609. The van der Waals surface area contributed by atoms with Crippen LogP contribution in [0.2, 0.25) is 0 Å². The van der Waals surface area contributed by atoms with E-state index in [2.05, 4.69) is 11.9 Å². The van der Waals surface area contributed by atoms with E-state index < -0.39 is 16.8 Å². The van der Waals surface area contributed by atoms with Gasteiger partial charge < -0.3 is 19.7 Å². The number of rotatable bonds is 3. The lowest BCUT2D eigenvalue weighted by Gasteiger charge is -2.54. The molecule has 1 aromatic heterocycles. The van der Waals surface area contributed by atoms with Gasteiger partial charge in [0, 0.05) is 29.2 Å². The Morgan fingerprint density at radius 2 is 1.93 bits per heavy atom. The van der Waals surface area contributed by atoms with Gasteiger partial charge in [-0.25, -0.2) is 4.39 Å². The number of carbonyl (C=O) groups excluding carboxylic acids is 1. The fourth-order valence-corrected chi connectivity index (χ4v) is 5.60. The molecule has 2 N–H and O–H groups in total. The minimum Gasteiger partial charge on any atom is -0.494 e. The quantitative estimate of drug-likeness (QED) is 0.811. The number of hydrogen-bond donors (Lipinski definition) is 2. The second kappa shape index (κ2) is 6.73. The van der Waals surface area contributed by atoms with E-state index in [1.165, 1.54) is 7.11 Å². The van der Waals surface area contributed by atoms with Gasteiger partial charge in [-0.15, -0.1) is 0 Å². The first-order chi connectivity index (χ1) is 13.5. The summed E-state index contributed by atoms with van der Waals surface area (Å²) in [5.74, 6) is 0.250. The van der Waals surface area contributed by atoms with Crippen molar-refractivity contribution in [1.82, 2.24) is 9.88 Å². The Bertz CT molecular complexity index is 931. The van der Waals surface area contributed by atoms with Crippen molar-refractivity contribution in [3.8, 4) is 5.75 Å². The predicted octanol–water partition coefficient (Wildman–Crippen LogP) is 4.13. The Labute approximate surface area is 171 Å². The number of amides is 1. The molecule has 3 heterocycles. The standard InChI is InChI=1S/C23H31FN2O3/c1-13-8-14-10-23(4,28)11-15(9-13)26(14)21(27)22(2,3)16-12-25-17-6-7-18(29-5)20(24)19(16)17/h6-7,12-15,25,28H,8-11H2,1-5H3. The molecule has 2 fully saturated rings. The number of H-pyrrole nitrogens is 1. The molecule has 1 aromatic carbocycles. The molecule has 0 spiro atoms. The van der Waals surface area contributed by atoms with Gasteiger partial charge in [-0.05, 0) is 70.1 Å². The van der Waals surface area contributed by atoms with Crippen LogP contribution in [0.1, 0.15) is 58.9 Å². The van der Waals surface area contributed by atoms with Crippen LogP contribution in [-0.4, -0.2) is 45.7 Å². The van der Waals surface area contributed by atoms with Crippen LogP contribution in [0.15, 0.2) is 18.3 Å². The van der Waals surface area contributed by atoms with Crippen LogP contribution in [0.4, 0.5) is 4.39 Å². The van der Waals surface area contributed by atoms with Crippen molar-refractivity contribution in [2.24, 2.45) is 5.92 Å². The molecule has 2 atom stereocenters. The summed E-state index contributed by atoms with van der Waals surface area (Å²) in [6.07, 6.45) is 4.70. The first kappa shape index (κ1) is 20.2. The normalized spacial score (nSPS) is 29.9. The predicted molar refractivity (Wildman–Crippen MR) is 111 cm³/mol. The Hall–Kier alpha value is -2.08. The van der Waals surface area contributed by atoms with Crippen LogP contribution in [0.5, 0.6) is 5.75 Å². The van der Waals surface area contributed by atoms with E-state index in [1.54, 1.807) is 18.3 Å². The molecular weight excluding hydrogens is 371 g/mol. The van der Waals surface area contributed by atoms with Gasteiger partial charge in [-0.2, -0.15) is 0 Å². The van der Waals surface area contributed by atoms with Crippen molar-refractivity contribution in [3.63, 3.8) is 0 Å². The van der Waals surface area contributed by atoms with Gasteiger partial charge in [0.15, 0.2) is 11.6 Å². The summed E-state index contributed by atoms with van der Waals surface area (Å²) >= 11 is 0. The number of aromatic amines is 1. The second-order valence-corrected chi connectivity index (χ2v) is 9.83. The Morgan fingerprint density at radius 1 is 1.31 bits per heavy atom. The highest BCUT2D eigenvalue weighted by molar-refractivity contribution is 5.96. The van der Waals surface area contributed by atoms with E-state index in [-0.39, 0.29) is 23.7 Å². The van der Waals surface area contributed by atoms with Gasteiger partial charge in [-0.3, -0.25) is 4.79 Å². The number of aliphatic hydroxyl groups is 1. The number of aromatic nitrogens is 1. The maximum absolute atomic E-state index is 15.1. The lowest BCUT2D eigenvalue weighted by Crippen LogP contribution is -2.63. The van der Waals surface area contributed by atoms with Gasteiger partial charge in [0.2, 0.25) is 5.91 Å². The van der Waals surface area contributed by atoms with Crippen molar-refractivity contribution in [2.75, 3.05) is 7.11 Å². The first-order valence-electron chi connectivity index (χ1n) is 10.4. The van der Waals surface area contributed by atoms with Crippen LogP contribution in [0.3, 0.4) is 0 Å². The van der Waals surface area contributed by atoms with Crippen LogP contribution < -0.4 is 4.74 Å². The Kier molecular flexibility index (Phi) is 4.69. The SMILES string of the molecule is COc1ccc2[nH]cc(C(C)(C)C(=O)N3C4CC(C)CC3CC(C)(O)C4)c2c1F. The summed E-state index contributed by atoms with van der Waals surface area (Å²) in [4.78, 5) is 18.9. The zero-order valence-electron chi connectivity index (χ0n) is 17.9. The molecule has 2 aliphatic heterocycles. The van der Waals surface area contributed by atoms with E-state index in [0.717, 1.165) is 12.8 Å². The van der Waals surface area contributed by atoms with Gasteiger partial charge in [-0.1, -0.05) is 6.92 Å². The van der Waals surface area contributed by atoms with Crippen molar-refractivity contribution >= 4 is 16.8 Å². The highest BCUT2D eigenvalue weighted by Gasteiger charge is 2.50. The summed E-state index contributed by atoms with van der Waals surface area (Å²) in [7, 11) is 1.44. The van der Waals surface area contributed by atoms with Gasteiger partial charge >= 0.3 is 0 Å². The van der Waals surface area contributed by atoms with Crippen molar-refractivity contribution in [1.29, 1.82) is 0 Å². The number of piperidine rings is 2. The number of carbonyl (C=O) groups is 1. The van der Waals surface area contributed by atoms with Crippen LogP contribution >= 0.6 is 0 Å². The van der Waals surface area contributed by atoms with Crippen molar-refractivity contribution in [3.05, 3.63) is 29.7 Å². The number of benzene rings is 1. The molecule has 2 aliphatic rings. The average molecular weight is 403 g/mol. The second-order valence-electron chi connectivity index (χ2n) is 9.83. The molecule has 158 valence electrons. The summed E-state index contributed by atoms with van der Waals surface area (Å²) < 4.78 is 20.2. The topological polar surface area (TPSA) is 65.6 Å². The average Bonchev–Trinajstić information content (AvgIpc) is 3.05. The highest BCUT2D eigenvalue weighted by Crippen LogP contribution is 2.44. The van der Waals surface area contributed by atoms with Gasteiger partial charge in [0.25, 0.3) is 0 Å². The lowest BCUT2D eigenvalue weighted by atomic mass is 9.71. The van der Waals surface area contributed by atoms with Crippen LogP contribution in [-0.2, 0) is 10.2 Å². The van der Waals surface area contributed by atoms with E-state index >= 15 is 4.39 Å². The van der Waals surface area contributed by atoms with E-state index in [0.29, 0.717) is 35.2 Å². The molecule has 2 unspecified atom stereocenters. The van der Waals surface area contributed by atoms with Crippen LogP contribution in [0, 0.1) is 11.7 Å². The van der Waals surface area contributed by atoms with Gasteiger partial charge in [0.05, 0.1) is 18.1 Å². The molecule has 0 radical (unpaired) electrons. The number of halogens is 1. The summed E-state index contributed by atoms with van der Waals surface area (Å²) in [5.41, 5.74) is -0.366. The third kappa shape index (κ3) is 3.21. The number of fused-ring (bicyclic) bond motifs is 3. The lowest BCUT2D eigenvalue weighted by molar-refractivity contribution is -0.156. The summed E-state index contributed by atoms with van der Waals surface area (Å²) in [5, 5.41) is 11.1. The number of nitrogens with zero attached hydrogens (tertiary/aromatic N) is 1. The molecule has 2 aromatic rings. The zero-order chi connectivity index (χ0) is 21.1. The monoisotopic (exact) mass is 402 g/mol. The molecule has 4 rings (SSSR count).